The molecule has 136 valence electrons. The van der Waals surface area contributed by atoms with E-state index in [-0.39, 0.29) is 16.0 Å². The van der Waals surface area contributed by atoms with Gasteiger partial charge in [0.05, 0.1) is 9.80 Å². The molecular weight excluding hydrogens is 374 g/mol. The predicted octanol–water partition coefficient (Wildman–Crippen LogP) is 2.41. The van der Waals surface area contributed by atoms with Crippen LogP contribution in [0.4, 0.5) is 4.79 Å². The van der Waals surface area contributed by atoms with E-state index in [9.17, 15) is 18.0 Å². The van der Waals surface area contributed by atoms with Gasteiger partial charge in [-0.05, 0) is 67.6 Å². The molecule has 2 aromatic rings. The van der Waals surface area contributed by atoms with Crippen LogP contribution in [0.2, 0.25) is 0 Å². The van der Waals surface area contributed by atoms with Crippen LogP contribution in [0.3, 0.4) is 0 Å². The van der Waals surface area contributed by atoms with Crippen molar-refractivity contribution < 1.29 is 18.0 Å². The van der Waals surface area contributed by atoms with Gasteiger partial charge in [0.25, 0.3) is 11.1 Å². The highest BCUT2D eigenvalue weighted by Crippen LogP contribution is 2.32. The third-order valence-corrected chi connectivity index (χ3v) is 6.06. The molecule has 0 aliphatic carbocycles. The Morgan fingerprint density at radius 1 is 1.12 bits per heavy atom. The van der Waals surface area contributed by atoms with E-state index in [2.05, 4.69) is 0 Å². The summed E-state index contributed by atoms with van der Waals surface area (Å²) in [6.45, 7) is 3.80. The molecule has 7 nitrogen and oxygen atoms in total. The number of nitrogens with two attached hydrogens (primary N) is 1. The summed E-state index contributed by atoms with van der Waals surface area (Å²) >= 11 is 0.910. The van der Waals surface area contributed by atoms with Crippen LogP contribution in [0.1, 0.15) is 17.0 Å². The molecule has 3 rings (SSSR count). The SMILES string of the molecule is Cc1cc(/C=C2\SC(=O)N(C)C2=O)c(C)n1-c1ccc(S(N)(=O)=O)cc1. The fourth-order valence-electron chi connectivity index (χ4n) is 2.80. The molecule has 2 heterocycles. The Balaban J connectivity index is 2.02. The number of aromatic nitrogens is 1. The second-order valence-electron chi connectivity index (χ2n) is 5.94. The Morgan fingerprint density at radius 2 is 1.73 bits per heavy atom. The van der Waals surface area contributed by atoms with Gasteiger partial charge in [0.2, 0.25) is 10.0 Å². The largest absolute Gasteiger partial charge is 0.318 e. The Labute approximate surface area is 155 Å². The lowest BCUT2D eigenvalue weighted by Gasteiger charge is -2.10. The van der Waals surface area contributed by atoms with E-state index in [1.807, 2.05) is 24.5 Å². The lowest BCUT2D eigenvalue weighted by Crippen LogP contribution is -2.22. The summed E-state index contributed by atoms with van der Waals surface area (Å²) in [5.41, 5.74) is 3.37. The van der Waals surface area contributed by atoms with Crippen molar-refractivity contribution in [3.63, 3.8) is 0 Å². The van der Waals surface area contributed by atoms with E-state index >= 15 is 0 Å². The van der Waals surface area contributed by atoms with E-state index in [4.69, 9.17) is 5.14 Å². The number of rotatable bonds is 3. The maximum absolute atomic E-state index is 12.1. The number of aryl methyl sites for hydroxylation is 1. The number of imide groups is 1. The van der Waals surface area contributed by atoms with Crippen LogP contribution < -0.4 is 5.14 Å². The van der Waals surface area contributed by atoms with Crippen LogP contribution in [-0.4, -0.2) is 36.1 Å². The Bertz CT molecular complexity index is 1050. The van der Waals surface area contributed by atoms with Gasteiger partial charge in [0.1, 0.15) is 0 Å². The van der Waals surface area contributed by atoms with Crippen LogP contribution in [-0.2, 0) is 14.8 Å². The molecule has 26 heavy (non-hydrogen) atoms. The second kappa shape index (κ2) is 6.42. The van der Waals surface area contributed by atoms with Crippen molar-refractivity contribution in [2.45, 2.75) is 18.7 Å². The van der Waals surface area contributed by atoms with E-state index in [0.29, 0.717) is 4.91 Å². The minimum atomic E-state index is -3.74. The Kier molecular flexibility index (Phi) is 4.55. The predicted molar refractivity (Wildman–Crippen MR) is 100 cm³/mol. The smallest absolute Gasteiger partial charge is 0.293 e. The number of primary sulfonamides is 1. The number of likely N-dealkylation sites (N-methyl/N-ethyl adjacent to an activating group) is 1. The zero-order valence-electron chi connectivity index (χ0n) is 14.4. The van der Waals surface area contributed by atoms with E-state index in [0.717, 1.165) is 39.3 Å². The van der Waals surface area contributed by atoms with Crippen molar-refractivity contribution in [3.8, 4) is 5.69 Å². The molecule has 0 unspecified atom stereocenters. The van der Waals surface area contributed by atoms with Crippen molar-refractivity contribution in [1.29, 1.82) is 0 Å². The van der Waals surface area contributed by atoms with Gasteiger partial charge in [0, 0.05) is 24.1 Å². The Morgan fingerprint density at radius 3 is 2.23 bits per heavy atom. The number of amides is 2. The molecule has 0 spiro atoms. The number of sulfonamides is 1. The molecule has 1 aliphatic rings. The highest BCUT2D eigenvalue weighted by molar-refractivity contribution is 8.18. The van der Waals surface area contributed by atoms with Gasteiger partial charge >= 0.3 is 0 Å². The van der Waals surface area contributed by atoms with Crippen LogP contribution in [0.25, 0.3) is 11.8 Å². The summed E-state index contributed by atoms with van der Waals surface area (Å²) in [6.07, 6.45) is 1.70. The highest BCUT2D eigenvalue weighted by atomic mass is 32.2. The van der Waals surface area contributed by atoms with Gasteiger partial charge in [-0.1, -0.05) is 0 Å². The maximum atomic E-state index is 12.1. The average Bonchev–Trinajstić information content (AvgIpc) is 2.98. The first-order valence-corrected chi connectivity index (χ1v) is 9.99. The third kappa shape index (κ3) is 3.20. The fourth-order valence-corrected chi connectivity index (χ4v) is 4.14. The van der Waals surface area contributed by atoms with E-state index in [1.54, 1.807) is 18.2 Å². The van der Waals surface area contributed by atoms with Gasteiger partial charge in [-0.15, -0.1) is 0 Å². The van der Waals surface area contributed by atoms with Gasteiger partial charge in [-0.3, -0.25) is 14.5 Å². The normalized spacial score (nSPS) is 16.8. The number of nitrogens with zero attached hydrogens (tertiary/aromatic N) is 2. The maximum Gasteiger partial charge on any atom is 0.293 e. The zero-order valence-corrected chi connectivity index (χ0v) is 16.0. The number of hydrogen-bond donors (Lipinski definition) is 1. The van der Waals surface area contributed by atoms with Crippen LogP contribution in [0, 0.1) is 13.8 Å². The van der Waals surface area contributed by atoms with Crippen molar-refractivity contribution in [2.75, 3.05) is 7.05 Å². The minimum absolute atomic E-state index is 0.0422. The number of carbonyl (C=O) groups is 2. The van der Waals surface area contributed by atoms with Crippen molar-refractivity contribution in [2.24, 2.45) is 5.14 Å². The van der Waals surface area contributed by atoms with Crippen molar-refractivity contribution in [1.82, 2.24) is 9.47 Å². The second-order valence-corrected chi connectivity index (χ2v) is 8.50. The van der Waals surface area contributed by atoms with Gasteiger partial charge in [-0.2, -0.15) is 0 Å². The number of hydrogen-bond acceptors (Lipinski definition) is 5. The van der Waals surface area contributed by atoms with Crippen LogP contribution in [0.15, 0.2) is 40.1 Å². The zero-order chi connectivity index (χ0) is 19.2. The lowest BCUT2D eigenvalue weighted by atomic mass is 10.2. The summed E-state index contributed by atoms with van der Waals surface area (Å²) < 4.78 is 24.7. The molecule has 1 fully saturated rings. The van der Waals surface area contributed by atoms with Crippen LogP contribution in [0.5, 0.6) is 0 Å². The number of benzene rings is 1. The monoisotopic (exact) mass is 391 g/mol. The lowest BCUT2D eigenvalue weighted by molar-refractivity contribution is -0.121. The molecule has 1 saturated heterocycles. The Hall–Kier alpha value is -2.36. The number of thioether (sulfide) groups is 1. The molecule has 0 atom stereocenters. The molecule has 2 amide bonds. The van der Waals surface area contributed by atoms with Gasteiger partial charge in [0.15, 0.2) is 0 Å². The first-order valence-electron chi connectivity index (χ1n) is 7.63. The summed E-state index contributed by atoms with van der Waals surface area (Å²) in [7, 11) is -2.29. The van der Waals surface area contributed by atoms with E-state index < -0.39 is 10.0 Å². The molecule has 1 aliphatic heterocycles. The molecule has 0 saturated carbocycles. The number of carbonyl (C=O) groups excluding carboxylic acids is 2. The van der Waals surface area contributed by atoms with Gasteiger partial charge < -0.3 is 4.57 Å². The highest BCUT2D eigenvalue weighted by Gasteiger charge is 2.32. The van der Waals surface area contributed by atoms with Crippen LogP contribution >= 0.6 is 11.8 Å². The quantitative estimate of drug-likeness (QED) is 0.810. The first-order chi connectivity index (χ1) is 12.1. The summed E-state index contributed by atoms with van der Waals surface area (Å²) in [5, 5.41) is 4.83. The molecule has 1 aromatic heterocycles. The molecule has 2 N–H and O–H groups in total. The molecule has 0 bridgehead atoms. The molecule has 9 heteroatoms. The van der Waals surface area contributed by atoms with Gasteiger partial charge in [-0.25, -0.2) is 13.6 Å². The topological polar surface area (TPSA) is 102 Å². The van der Waals surface area contributed by atoms with Crippen molar-refractivity contribution >= 4 is 39.0 Å². The molecular formula is C17H17N3O4S2. The average molecular weight is 391 g/mol. The van der Waals surface area contributed by atoms with Crippen molar-refractivity contribution in [3.05, 3.63) is 52.2 Å². The summed E-state index contributed by atoms with van der Waals surface area (Å²) in [4.78, 5) is 25.2. The molecule has 0 radical (unpaired) electrons. The fraction of sp³-hybridized carbons (Fsp3) is 0.176. The third-order valence-electron chi connectivity index (χ3n) is 4.17. The van der Waals surface area contributed by atoms with E-state index in [1.165, 1.54) is 19.2 Å². The molecule has 1 aromatic carbocycles. The summed E-state index contributed by atoms with van der Waals surface area (Å²) in [6, 6.07) is 8.15. The summed E-state index contributed by atoms with van der Waals surface area (Å²) in [5.74, 6) is -0.317. The first kappa shape index (κ1) is 18.4. The minimum Gasteiger partial charge on any atom is -0.318 e. The standard InChI is InChI=1S/C17H17N3O4S2/c1-10-8-12(9-15-16(21)19(3)17(22)25-15)11(2)20(10)13-4-6-14(7-5-13)26(18,23)24/h4-9H,1-3H3,(H2,18,23,24)/b15-9-.